The largest absolute Gasteiger partial charge is 0.507 e. The summed E-state index contributed by atoms with van der Waals surface area (Å²) in [5.74, 6) is 0.178. The van der Waals surface area contributed by atoms with Crippen LogP contribution in [-0.2, 0) is 16.0 Å². The minimum Gasteiger partial charge on any atom is -0.507 e. The van der Waals surface area contributed by atoms with Gasteiger partial charge in [-0.15, -0.1) is 0 Å². The molecule has 0 aromatic heterocycles. The maximum absolute atomic E-state index is 11.3. The number of aromatic hydroxyl groups is 1. The molecule has 1 rings (SSSR count). The van der Waals surface area contributed by atoms with Crippen LogP contribution < -0.4 is 0 Å². The van der Waals surface area contributed by atoms with E-state index in [1.807, 2.05) is 32.9 Å². The van der Waals surface area contributed by atoms with E-state index >= 15 is 0 Å². The molecule has 0 aliphatic carbocycles. The van der Waals surface area contributed by atoms with Crippen molar-refractivity contribution in [1.29, 1.82) is 0 Å². The van der Waals surface area contributed by atoms with E-state index in [4.69, 9.17) is 4.74 Å². The number of benzene rings is 1. The molecule has 0 spiro atoms. The van der Waals surface area contributed by atoms with Crippen molar-refractivity contribution < 1.29 is 14.6 Å². The van der Waals surface area contributed by atoms with Crippen LogP contribution in [0.5, 0.6) is 5.75 Å². The summed E-state index contributed by atoms with van der Waals surface area (Å²) in [7, 11) is 0. The monoisotopic (exact) mass is 236 g/mol. The van der Waals surface area contributed by atoms with E-state index in [1.165, 1.54) is 0 Å². The highest BCUT2D eigenvalue weighted by atomic mass is 16.5. The summed E-state index contributed by atoms with van der Waals surface area (Å²) >= 11 is 0. The molecule has 0 aliphatic heterocycles. The van der Waals surface area contributed by atoms with Gasteiger partial charge in [0.2, 0.25) is 0 Å². The SMILES string of the molecule is CCCOC(=O)CCc1cc(C)c(O)c(C)c1. The van der Waals surface area contributed by atoms with Gasteiger partial charge in [0.25, 0.3) is 0 Å². The molecule has 0 saturated carbocycles. The molecular weight excluding hydrogens is 216 g/mol. The third-order valence-electron chi connectivity index (χ3n) is 2.64. The van der Waals surface area contributed by atoms with E-state index in [2.05, 4.69) is 0 Å². The van der Waals surface area contributed by atoms with E-state index < -0.39 is 0 Å². The fourth-order valence-corrected chi connectivity index (χ4v) is 1.72. The van der Waals surface area contributed by atoms with Gasteiger partial charge in [-0.2, -0.15) is 0 Å². The van der Waals surface area contributed by atoms with Crippen molar-refractivity contribution in [3.63, 3.8) is 0 Å². The molecule has 0 atom stereocenters. The van der Waals surface area contributed by atoms with Gasteiger partial charge in [-0.3, -0.25) is 4.79 Å². The van der Waals surface area contributed by atoms with Gasteiger partial charge in [0, 0.05) is 6.42 Å². The Balaban J connectivity index is 2.55. The van der Waals surface area contributed by atoms with Crippen molar-refractivity contribution in [1.82, 2.24) is 0 Å². The average Bonchev–Trinajstić information content (AvgIpc) is 2.30. The first-order valence-corrected chi connectivity index (χ1v) is 5.99. The maximum Gasteiger partial charge on any atom is 0.306 e. The fourth-order valence-electron chi connectivity index (χ4n) is 1.72. The number of hydrogen-bond acceptors (Lipinski definition) is 3. The quantitative estimate of drug-likeness (QED) is 0.800. The van der Waals surface area contributed by atoms with Crippen molar-refractivity contribution in [2.45, 2.75) is 40.0 Å². The van der Waals surface area contributed by atoms with E-state index in [9.17, 15) is 9.90 Å². The zero-order valence-corrected chi connectivity index (χ0v) is 10.7. The molecule has 0 bridgehead atoms. The third kappa shape index (κ3) is 4.10. The number of hydrogen-bond donors (Lipinski definition) is 1. The third-order valence-corrected chi connectivity index (χ3v) is 2.64. The molecule has 17 heavy (non-hydrogen) atoms. The lowest BCUT2D eigenvalue weighted by Crippen LogP contribution is -2.06. The predicted molar refractivity (Wildman–Crippen MR) is 67.2 cm³/mol. The number of carbonyl (C=O) groups excluding carboxylic acids is 1. The standard InChI is InChI=1S/C14H20O3/c1-4-7-17-13(15)6-5-12-8-10(2)14(16)11(3)9-12/h8-9,16H,4-7H2,1-3H3. The summed E-state index contributed by atoms with van der Waals surface area (Å²) in [6.45, 7) is 6.19. The maximum atomic E-state index is 11.3. The summed E-state index contributed by atoms with van der Waals surface area (Å²) in [6, 6.07) is 3.82. The molecule has 1 N–H and O–H groups in total. The first-order chi connectivity index (χ1) is 8.04. The number of phenolic OH excluding ortho intramolecular Hbond substituents is 1. The van der Waals surface area contributed by atoms with Crippen molar-refractivity contribution in [2.75, 3.05) is 6.61 Å². The molecule has 1 aromatic rings. The highest BCUT2D eigenvalue weighted by Gasteiger charge is 2.06. The highest BCUT2D eigenvalue weighted by molar-refractivity contribution is 5.69. The smallest absolute Gasteiger partial charge is 0.306 e. The second-order valence-corrected chi connectivity index (χ2v) is 4.30. The number of ether oxygens (including phenoxy) is 1. The molecule has 3 nitrogen and oxygen atoms in total. The topological polar surface area (TPSA) is 46.5 Å². The Bertz CT molecular complexity index is 373. The van der Waals surface area contributed by atoms with E-state index in [-0.39, 0.29) is 5.97 Å². The Morgan fingerprint density at radius 3 is 2.41 bits per heavy atom. The molecule has 0 fully saturated rings. The van der Waals surface area contributed by atoms with Gasteiger partial charge in [-0.25, -0.2) is 0 Å². The summed E-state index contributed by atoms with van der Waals surface area (Å²) in [6.07, 6.45) is 1.90. The van der Waals surface area contributed by atoms with Crippen LogP contribution in [0.3, 0.4) is 0 Å². The van der Waals surface area contributed by atoms with Crippen LogP contribution in [0.1, 0.15) is 36.5 Å². The molecule has 0 radical (unpaired) electrons. The lowest BCUT2D eigenvalue weighted by Gasteiger charge is -2.08. The van der Waals surface area contributed by atoms with E-state index in [1.54, 1.807) is 0 Å². The second kappa shape index (κ2) is 6.28. The Kier molecular flexibility index (Phi) is 5.01. The fraction of sp³-hybridized carbons (Fsp3) is 0.500. The highest BCUT2D eigenvalue weighted by Crippen LogP contribution is 2.23. The average molecular weight is 236 g/mol. The van der Waals surface area contributed by atoms with Crippen LogP contribution in [0.4, 0.5) is 0 Å². The Morgan fingerprint density at radius 2 is 1.88 bits per heavy atom. The Hall–Kier alpha value is -1.51. The zero-order chi connectivity index (χ0) is 12.8. The first-order valence-electron chi connectivity index (χ1n) is 5.99. The normalized spacial score (nSPS) is 10.3. The van der Waals surface area contributed by atoms with Crippen LogP contribution in [0, 0.1) is 13.8 Å². The summed E-state index contributed by atoms with van der Waals surface area (Å²) in [5.41, 5.74) is 2.76. The van der Waals surface area contributed by atoms with E-state index in [0.29, 0.717) is 25.2 Å². The molecule has 1 aromatic carbocycles. The van der Waals surface area contributed by atoms with Crippen LogP contribution in [0.15, 0.2) is 12.1 Å². The number of esters is 1. The molecular formula is C14H20O3. The lowest BCUT2D eigenvalue weighted by atomic mass is 10.0. The minimum absolute atomic E-state index is 0.157. The summed E-state index contributed by atoms with van der Waals surface area (Å²) in [4.78, 5) is 11.3. The molecule has 0 aliphatic rings. The molecule has 0 amide bonds. The number of aryl methyl sites for hydroxylation is 3. The lowest BCUT2D eigenvalue weighted by molar-refractivity contribution is -0.143. The summed E-state index contributed by atoms with van der Waals surface area (Å²) < 4.78 is 5.01. The molecule has 0 unspecified atom stereocenters. The molecule has 0 saturated heterocycles. The van der Waals surface area contributed by atoms with Gasteiger partial charge in [0.05, 0.1) is 6.61 Å². The van der Waals surface area contributed by atoms with Gasteiger partial charge in [0.1, 0.15) is 5.75 Å². The van der Waals surface area contributed by atoms with Crippen LogP contribution in [0.25, 0.3) is 0 Å². The summed E-state index contributed by atoms with van der Waals surface area (Å²) in [5, 5.41) is 9.63. The molecule has 0 heterocycles. The predicted octanol–water partition coefficient (Wildman–Crippen LogP) is 2.89. The molecule has 94 valence electrons. The van der Waals surface area contributed by atoms with Crippen LogP contribution in [-0.4, -0.2) is 17.7 Å². The van der Waals surface area contributed by atoms with Crippen molar-refractivity contribution >= 4 is 5.97 Å². The second-order valence-electron chi connectivity index (χ2n) is 4.30. The van der Waals surface area contributed by atoms with Gasteiger partial charge < -0.3 is 9.84 Å². The van der Waals surface area contributed by atoms with Crippen LogP contribution in [0.2, 0.25) is 0 Å². The van der Waals surface area contributed by atoms with Gasteiger partial charge in [-0.1, -0.05) is 19.1 Å². The number of carbonyl (C=O) groups is 1. The Morgan fingerprint density at radius 1 is 1.29 bits per heavy atom. The van der Waals surface area contributed by atoms with Crippen molar-refractivity contribution in [2.24, 2.45) is 0 Å². The minimum atomic E-state index is -0.157. The number of phenols is 1. The van der Waals surface area contributed by atoms with Gasteiger partial charge >= 0.3 is 5.97 Å². The van der Waals surface area contributed by atoms with Gasteiger partial charge in [0.15, 0.2) is 0 Å². The van der Waals surface area contributed by atoms with E-state index in [0.717, 1.165) is 23.1 Å². The van der Waals surface area contributed by atoms with Crippen molar-refractivity contribution in [3.8, 4) is 5.75 Å². The zero-order valence-electron chi connectivity index (χ0n) is 10.7. The number of rotatable bonds is 5. The van der Waals surface area contributed by atoms with Gasteiger partial charge in [-0.05, 0) is 43.4 Å². The van der Waals surface area contributed by atoms with Crippen molar-refractivity contribution in [3.05, 3.63) is 28.8 Å². The van der Waals surface area contributed by atoms with Crippen LogP contribution >= 0.6 is 0 Å². The molecule has 3 heteroatoms. The first kappa shape index (κ1) is 13.6. The Labute approximate surface area is 102 Å².